The van der Waals surface area contributed by atoms with E-state index in [1.54, 1.807) is 11.3 Å². The first-order chi connectivity index (χ1) is 7.08. The van der Waals surface area contributed by atoms with E-state index in [2.05, 4.69) is 43.3 Å². The summed E-state index contributed by atoms with van der Waals surface area (Å²) in [5, 5.41) is 2.82. The number of aromatic nitrogens is 1. The summed E-state index contributed by atoms with van der Waals surface area (Å²) in [7, 11) is 0. The minimum Gasteiger partial charge on any atom is -0.278 e. The quantitative estimate of drug-likeness (QED) is 0.787. The first-order valence-electron chi connectivity index (χ1n) is 4.92. The highest BCUT2D eigenvalue weighted by Crippen LogP contribution is 2.27. The molecule has 15 heavy (non-hydrogen) atoms. The first-order valence-corrected chi connectivity index (χ1v) is 5.80. The highest BCUT2D eigenvalue weighted by atomic mass is 32.1. The fourth-order valence-corrected chi connectivity index (χ4v) is 2.63. The van der Waals surface area contributed by atoms with Crippen molar-refractivity contribution < 1.29 is 4.98 Å². The summed E-state index contributed by atoms with van der Waals surface area (Å²) >= 11 is 1.54. The van der Waals surface area contributed by atoms with Gasteiger partial charge in [0.05, 0.1) is 0 Å². The van der Waals surface area contributed by atoms with Crippen LogP contribution in [0.25, 0.3) is 11.3 Å². The van der Waals surface area contributed by atoms with Gasteiger partial charge in [-0.25, -0.2) is 4.98 Å². The lowest BCUT2D eigenvalue weighted by molar-refractivity contribution is -0.340. The molecule has 0 unspecified atom stereocenters. The van der Waals surface area contributed by atoms with Crippen LogP contribution < -0.4 is 10.7 Å². The highest BCUT2D eigenvalue weighted by molar-refractivity contribution is 7.13. The van der Waals surface area contributed by atoms with Crippen molar-refractivity contribution in [3.05, 3.63) is 34.2 Å². The van der Waals surface area contributed by atoms with Crippen molar-refractivity contribution in [2.24, 2.45) is 0 Å². The molecule has 2 aromatic rings. The van der Waals surface area contributed by atoms with E-state index < -0.39 is 0 Å². The Kier molecular flexibility index (Phi) is 2.49. The third-order valence-corrected chi connectivity index (χ3v) is 3.22. The Morgan fingerprint density at radius 3 is 2.20 bits per heavy atom. The zero-order chi connectivity index (χ0) is 11.0. The number of rotatable bonds is 1. The zero-order valence-corrected chi connectivity index (χ0v) is 10.0. The fraction of sp³-hybridized carbons (Fsp3) is 0.250. The molecule has 2 rings (SSSR count). The van der Waals surface area contributed by atoms with Crippen LogP contribution in [0.15, 0.2) is 17.5 Å². The van der Waals surface area contributed by atoms with E-state index in [0.717, 1.165) is 10.8 Å². The Hall–Kier alpha value is -1.35. The summed E-state index contributed by atoms with van der Waals surface area (Å²) in [6, 6.07) is 4.40. The van der Waals surface area contributed by atoms with Gasteiger partial charge in [-0.3, -0.25) is 5.73 Å². The molecular formula is C12H15N2S+. The van der Waals surface area contributed by atoms with Gasteiger partial charge < -0.3 is 0 Å². The van der Waals surface area contributed by atoms with Gasteiger partial charge in [0, 0.05) is 10.9 Å². The van der Waals surface area contributed by atoms with E-state index in [9.17, 15) is 0 Å². The second-order valence-electron chi connectivity index (χ2n) is 3.91. The zero-order valence-electron chi connectivity index (χ0n) is 9.22. The van der Waals surface area contributed by atoms with E-state index in [0.29, 0.717) is 0 Å². The topological polar surface area (TPSA) is 40.2 Å². The van der Waals surface area contributed by atoms with Gasteiger partial charge in [-0.1, -0.05) is 29.0 Å². The second-order valence-corrected chi connectivity index (χ2v) is 4.82. The smallest absolute Gasteiger partial charge is 0.278 e. The molecule has 3 N–H and O–H groups in total. The summed E-state index contributed by atoms with van der Waals surface area (Å²) in [5.74, 6) is 0. The molecule has 0 atom stereocenters. The van der Waals surface area contributed by atoms with Gasteiger partial charge in [0.2, 0.25) is 0 Å². The van der Waals surface area contributed by atoms with Crippen molar-refractivity contribution in [3.63, 3.8) is 0 Å². The predicted molar refractivity (Wildman–Crippen MR) is 64.9 cm³/mol. The summed E-state index contributed by atoms with van der Waals surface area (Å²) in [5.41, 5.74) is 12.0. The molecule has 0 saturated heterocycles. The van der Waals surface area contributed by atoms with Gasteiger partial charge in [-0.15, -0.1) is 0 Å². The van der Waals surface area contributed by atoms with Gasteiger partial charge in [0.1, 0.15) is 5.69 Å². The molecule has 0 saturated carbocycles. The van der Waals surface area contributed by atoms with Crippen LogP contribution in [0, 0.1) is 20.8 Å². The van der Waals surface area contributed by atoms with Crippen molar-refractivity contribution in [1.29, 1.82) is 0 Å². The van der Waals surface area contributed by atoms with Gasteiger partial charge in [-0.05, 0) is 31.9 Å². The number of aryl methyl sites for hydroxylation is 3. The number of nitrogens with one attached hydrogen (secondary N) is 1. The van der Waals surface area contributed by atoms with E-state index in [-0.39, 0.29) is 0 Å². The molecule has 1 heterocycles. The van der Waals surface area contributed by atoms with Crippen molar-refractivity contribution >= 4 is 16.5 Å². The predicted octanol–water partition coefficient (Wildman–Crippen LogP) is 2.74. The van der Waals surface area contributed by atoms with Crippen LogP contribution in [0.3, 0.4) is 0 Å². The number of nitrogens with two attached hydrogens (primary N) is 1. The summed E-state index contributed by atoms with van der Waals surface area (Å²) in [6.07, 6.45) is 0. The van der Waals surface area contributed by atoms with E-state index in [1.807, 2.05) is 0 Å². The van der Waals surface area contributed by atoms with Crippen molar-refractivity contribution in [1.82, 2.24) is 0 Å². The average molecular weight is 219 g/mol. The molecule has 0 aliphatic carbocycles. The van der Waals surface area contributed by atoms with Gasteiger partial charge >= 0.3 is 5.13 Å². The molecule has 0 amide bonds. The standard InChI is InChI=1S/C12H14N2S/c1-7-4-8(2)11(9(3)5-7)10-6-15-12(13)14-10/h4-6H,1-3H3,(H2,13,14)/p+1. The maximum Gasteiger partial charge on any atom is 0.329 e. The Balaban J connectivity index is 2.62. The number of aromatic amines is 1. The van der Waals surface area contributed by atoms with Crippen LogP contribution in [0.1, 0.15) is 16.7 Å². The van der Waals surface area contributed by atoms with Gasteiger partial charge in [-0.2, -0.15) is 0 Å². The Labute approximate surface area is 93.8 Å². The minimum atomic E-state index is 0.754. The second kappa shape index (κ2) is 3.66. The van der Waals surface area contributed by atoms with E-state index in [1.165, 1.54) is 22.3 Å². The fourth-order valence-electron chi connectivity index (χ4n) is 2.04. The Morgan fingerprint density at radius 1 is 1.13 bits per heavy atom. The molecule has 1 aromatic carbocycles. The number of H-pyrrole nitrogens is 1. The molecule has 1 aromatic heterocycles. The molecule has 0 radical (unpaired) electrons. The average Bonchev–Trinajstić information content (AvgIpc) is 2.49. The van der Waals surface area contributed by atoms with Crippen LogP contribution in [0.5, 0.6) is 0 Å². The summed E-state index contributed by atoms with van der Waals surface area (Å²) < 4.78 is 0. The molecule has 78 valence electrons. The normalized spacial score (nSPS) is 10.6. The molecular weight excluding hydrogens is 204 g/mol. The van der Waals surface area contributed by atoms with Crippen LogP contribution >= 0.6 is 11.3 Å². The lowest BCUT2D eigenvalue weighted by atomic mass is 9.98. The first kappa shape index (κ1) is 10.2. The van der Waals surface area contributed by atoms with Crippen LogP contribution in [0.4, 0.5) is 5.13 Å². The molecule has 0 fully saturated rings. The summed E-state index contributed by atoms with van der Waals surface area (Å²) in [4.78, 5) is 3.19. The number of hydrogen-bond acceptors (Lipinski definition) is 2. The molecule has 0 bridgehead atoms. The van der Waals surface area contributed by atoms with E-state index >= 15 is 0 Å². The van der Waals surface area contributed by atoms with E-state index in [4.69, 9.17) is 5.73 Å². The third kappa shape index (κ3) is 1.88. The Morgan fingerprint density at radius 2 is 1.73 bits per heavy atom. The molecule has 3 heteroatoms. The van der Waals surface area contributed by atoms with Crippen LogP contribution in [-0.2, 0) is 0 Å². The largest absolute Gasteiger partial charge is 0.329 e. The molecule has 0 aliphatic heterocycles. The lowest BCUT2D eigenvalue weighted by Gasteiger charge is -2.07. The van der Waals surface area contributed by atoms with Crippen LogP contribution in [-0.4, -0.2) is 0 Å². The van der Waals surface area contributed by atoms with Gasteiger partial charge in [0.25, 0.3) is 0 Å². The number of nitrogen functional groups attached to an aromatic ring is 1. The Bertz CT molecular complexity index is 477. The van der Waals surface area contributed by atoms with Crippen molar-refractivity contribution in [2.45, 2.75) is 20.8 Å². The summed E-state index contributed by atoms with van der Waals surface area (Å²) in [6.45, 7) is 6.39. The third-order valence-electron chi connectivity index (χ3n) is 2.51. The SMILES string of the molecule is Cc1cc(C)c(-c2csc(N)[nH+]2)c(C)c1. The number of anilines is 1. The maximum absolute atomic E-state index is 5.71. The number of hydrogen-bond donors (Lipinski definition) is 1. The molecule has 0 spiro atoms. The van der Waals surface area contributed by atoms with Crippen molar-refractivity contribution in [3.8, 4) is 11.3 Å². The maximum atomic E-state index is 5.71. The highest BCUT2D eigenvalue weighted by Gasteiger charge is 2.12. The monoisotopic (exact) mass is 219 g/mol. The molecule has 0 aliphatic rings. The van der Waals surface area contributed by atoms with Crippen LogP contribution in [0.2, 0.25) is 0 Å². The number of benzene rings is 1. The van der Waals surface area contributed by atoms with Gasteiger partial charge in [0.15, 0.2) is 0 Å². The number of thiazole rings is 1. The minimum absolute atomic E-state index is 0.754. The lowest BCUT2D eigenvalue weighted by Crippen LogP contribution is -2.08. The molecule has 2 nitrogen and oxygen atoms in total. The van der Waals surface area contributed by atoms with Crippen molar-refractivity contribution in [2.75, 3.05) is 5.73 Å².